The van der Waals surface area contributed by atoms with E-state index in [1.807, 2.05) is 0 Å². The van der Waals surface area contributed by atoms with Crippen LogP contribution >= 0.6 is 28.3 Å². The van der Waals surface area contributed by atoms with E-state index in [9.17, 15) is 4.79 Å². The number of hydrogen-bond acceptors (Lipinski definition) is 3. The number of nitrogens with one attached hydrogen (secondary N) is 1. The maximum Gasteiger partial charge on any atom is 0.288 e. The molecule has 1 aromatic rings. The van der Waals surface area contributed by atoms with Gasteiger partial charge in [-0.3, -0.25) is 4.79 Å². The average Bonchev–Trinajstić information content (AvgIpc) is 2.62. The van der Waals surface area contributed by atoms with Crippen LogP contribution in [0.3, 0.4) is 0 Å². The topological polar surface area (TPSA) is 68.3 Å². The third-order valence-electron chi connectivity index (χ3n) is 2.20. The lowest BCUT2D eigenvalue weighted by atomic mass is 10.0. The second-order valence-corrected chi connectivity index (χ2v) is 4.99. The molecule has 0 saturated heterocycles. The molecule has 0 saturated carbocycles. The van der Waals surface area contributed by atoms with Gasteiger partial charge in [0.15, 0.2) is 0 Å². The molecule has 0 bridgehead atoms. The zero-order valence-corrected chi connectivity index (χ0v) is 12.3. The molecule has 1 atom stereocenters. The minimum Gasteiger partial charge on any atom is -0.458 e. The van der Waals surface area contributed by atoms with Crippen molar-refractivity contribution in [2.75, 3.05) is 6.54 Å². The van der Waals surface area contributed by atoms with Gasteiger partial charge in [-0.25, -0.2) is 0 Å². The number of carbonyl (C=O) groups is 1. The van der Waals surface area contributed by atoms with Gasteiger partial charge < -0.3 is 15.5 Å². The van der Waals surface area contributed by atoms with E-state index in [4.69, 9.17) is 10.2 Å². The van der Waals surface area contributed by atoms with Gasteiger partial charge in [0, 0.05) is 12.6 Å². The molecule has 98 valence electrons. The highest BCUT2D eigenvalue weighted by atomic mass is 79.9. The van der Waals surface area contributed by atoms with Crippen molar-refractivity contribution >= 4 is 34.2 Å². The normalized spacial score (nSPS) is 12.1. The number of halogens is 2. The zero-order chi connectivity index (χ0) is 12.1. The first kappa shape index (κ1) is 16.5. The summed E-state index contributed by atoms with van der Waals surface area (Å²) in [4.78, 5) is 11.8. The lowest BCUT2D eigenvalue weighted by molar-refractivity contribution is 0.0904. The Hall–Kier alpha value is -0.520. The Bertz CT molecular complexity index is 355. The fourth-order valence-electron chi connectivity index (χ4n) is 1.49. The number of hydrogen-bond donors (Lipinski definition) is 2. The van der Waals surface area contributed by atoms with Crippen molar-refractivity contribution in [2.24, 2.45) is 11.7 Å². The first-order valence-electron chi connectivity index (χ1n) is 5.28. The second-order valence-electron chi connectivity index (χ2n) is 4.13. The number of rotatable bonds is 5. The molecule has 1 heterocycles. The van der Waals surface area contributed by atoms with Gasteiger partial charge >= 0.3 is 0 Å². The van der Waals surface area contributed by atoms with Crippen molar-refractivity contribution in [2.45, 2.75) is 26.3 Å². The van der Waals surface area contributed by atoms with Crippen molar-refractivity contribution in [1.29, 1.82) is 0 Å². The van der Waals surface area contributed by atoms with E-state index in [1.165, 1.54) is 6.26 Å². The van der Waals surface area contributed by atoms with Crippen LogP contribution in [0.5, 0.6) is 0 Å². The number of furan rings is 1. The van der Waals surface area contributed by atoms with Crippen LogP contribution in [-0.2, 0) is 0 Å². The summed E-state index contributed by atoms with van der Waals surface area (Å²) in [5.74, 6) is 0.559. The Morgan fingerprint density at radius 1 is 1.59 bits per heavy atom. The predicted octanol–water partition coefficient (Wildman–Crippen LogP) is 2.57. The molecule has 1 rings (SSSR count). The molecule has 0 aliphatic carbocycles. The SMILES string of the molecule is CC(C)CC(CN)NC(=O)c1occc1Br.Cl. The monoisotopic (exact) mass is 324 g/mol. The maximum absolute atomic E-state index is 11.8. The highest BCUT2D eigenvalue weighted by molar-refractivity contribution is 9.10. The summed E-state index contributed by atoms with van der Waals surface area (Å²) < 4.78 is 5.73. The lowest BCUT2D eigenvalue weighted by Gasteiger charge is -2.18. The van der Waals surface area contributed by atoms with Crippen LogP contribution in [0.25, 0.3) is 0 Å². The van der Waals surface area contributed by atoms with Gasteiger partial charge in [-0.1, -0.05) is 13.8 Å². The molecule has 0 aliphatic heterocycles. The summed E-state index contributed by atoms with van der Waals surface area (Å²) in [5, 5.41) is 2.85. The van der Waals surface area contributed by atoms with Crippen molar-refractivity contribution in [1.82, 2.24) is 5.32 Å². The lowest BCUT2D eigenvalue weighted by Crippen LogP contribution is -2.41. The molecular formula is C11H18BrClN2O2. The number of amides is 1. The van der Waals surface area contributed by atoms with E-state index in [-0.39, 0.29) is 24.4 Å². The highest BCUT2D eigenvalue weighted by Gasteiger charge is 2.18. The van der Waals surface area contributed by atoms with Gasteiger partial charge in [0.1, 0.15) is 0 Å². The third kappa shape index (κ3) is 5.10. The first-order valence-corrected chi connectivity index (χ1v) is 6.07. The van der Waals surface area contributed by atoms with Crippen molar-refractivity contribution in [3.63, 3.8) is 0 Å². The van der Waals surface area contributed by atoms with Crippen LogP contribution in [0.2, 0.25) is 0 Å². The van der Waals surface area contributed by atoms with E-state index in [2.05, 4.69) is 35.1 Å². The molecule has 6 heteroatoms. The van der Waals surface area contributed by atoms with Crippen LogP contribution in [0, 0.1) is 5.92 Å². The van der Waals surface area contributed by atoms with Gasteiger partial charge in [0.25, 0.3) is 5.91 Å². The number of carbonyl (C=O) groups excluding carboxylic acids is 1. The van der Waals surface area contributed by atoms with E-state index >= 15 is 0 Å². The molecule has 0 fully saturated rings. The van der Waals surface area contributed by atoms with Crippen LogP contribution in [0.15, 0.2) is 21.2 Å². The largest absolute Gasteiger partial charge is 0.458 e. The molecule has 4 nitrogen and oxygen atoms in total. The van der Waals surface area contributed by atoms with E-state index in [1.54, 1.807) is 6.07 Å². The predicted molar refractivity (Wildman–Crippen MR) is 73.4 cm³/mol. The fourth-order valence-corrected chi connectivity index (χ4v) is 1.87. The Kier molecular flexibility index (Phi) is 7.50. The minimum absolute atomic E-state index is 0. The molecular weight excluding hydrogens is 307 g/mol. The molecule has 0 aromatic carbocycles. The van der Waals surface area contributed by atoms with Crippen LogP contribution in [0.4, 0.5) is 0 Å². The quantitative estimate of drug-likeness (QED) is 0.874. The fraction of sp³-hybridized carbons (Fsp3) is 0.545. The summed E-state index contributed by atoms with van der Waals surface area (Å²) in [5.41, 5.74) is 5.60. The van der Waals surface area contributed by atoms with Gasteiger partial charge in [0.2, 0.25) is 5.76 Å². The Morgan fingerprint density at radius 3 is 2.65 bits per heavy atom. The number of nitrogens with two attached hydrogens (primary N) is 1. The zero-order valence-electron chi connectivity index (χ0n) is 9.90. The minimum atomic E-state index is -0.229. The van der Waals surface area contributed by atoms with Gasteiger partial charge in [-0.15, -0.1) is 12.4 Å². The van der Waals surface area contributed by atoms with E-state index in [0.29, 0.717) is 22.7 Å². The van der Waals surface area contributed by atoms with Crippen LogP contribution in [0.1, 0.15) is 30.8 Å². The highest BCUT2D eigenvalue weighted by Crippen LogP contribution is 2.17. The van der Waals surface area contributed by atoms with Crippen molar-refractivity contribution < 1.29 is 9.21 Å². The van der Waals surface area contributed by atoms with E-state index in [0.717, 1.165) is 6.42 Å². The summed E-state index contributed by atoms with van der Waals surface area (Å²) >= 11 is 3.24. The van der Waals surface area contributed by atoms with Gasteiger partial charge in [0.05, 0.1) is 10.7 Å². The molecule has 1 unspecified atom stereocenters. The van der Waals surface area contributed by atoms with Crippen molar-refractivity contribution in [3.8, 4) is 0 Å². The Morgan fingerprint density at radius 2 is 2.24 bits per heavy atom. The summed E-state index contributed by atoms with van der Waals surface area (Å²) in [6.07, 6.45) is 2.33. The summed E-state index contributed by atoms with van der Waals surface area (Å²) in [6.45, 7) is 4.62. The van der Waals surface area contributed by atoms with E-state index < -0.39 is 0 Å². The third-order valence-corrected chi connectivity index (χ3v) is 2.82. The molecule has 17 heavy (non-hydrogen) atoms. The molecule has 0 aliphatic rings. The second kappa shape index (κ2) is 7.74. The average molecular weight is 326 g/mol. The van der Waals surface area contributed by atoms with Gasteiger partial charge in [-0.2, -0.15) is 0 Å². The summed E-state index contributed by atoms with van der Waals surface area (Å²) in [6, 6.07) is 1.68. The molecule has 1 amide bonds. The van der Waals surface area contributed by atoms with Crippen LogP contribution in [-0.4, -0.2) is 18.5 Å². The molecule has 0 radical (unpaired) electrons. The Labute approximate surface area is 116 Å². The molecule has 3 N–H and O–H groups in total. The van der Waals surface area contributed by atoms with Crippen molar-refractivity contribution in [3.05, 3.63) is 22.6 Å². The smallest absolute Gasteiger partial charge is 0.288 e. The van der Waals surface area contributed by atoms with Crippen LogP contribution < -0.4 is 11.1 Å². The maximum atomic E-state index is 11.8. The standard InChI is InChI=1S/C11H17BrN2O2.ClH/c1-7(2)5-8(6-13)14-11(15)10-9(12)3-4-16-10;/h3-4,7-8H,5-6,13H2,1-2H3,(H,14,15);1H. The van der Waals surface area contributed by atoms with Gasteiger partial charge in [-0.05, 0) is 34.3 Å². The molecule has 1 aromatic heterocycles. The first-order chi connectivity index (χ1) is 7.54. The Balaban J connectivity index is 0.00000256. The molecule has 0 spiro atoms. The summed E-state index contributed by atoms with van der Waals surface area (Å²) in [7, 11) is 0.